The Hall–Kier alpha value is -0.260. The lowest BCUT2D eigenvalue weighted by molar-refractivity contribution is 0.426. The summed E-state index contributed by atoms with van der Waals surface area (Å²) in [7, 11) is 0. The molecule has 0 aromatic heterocycles. The van der Waals surface area contributed by atoms with Gasteiger partial charge in [0.25, 0.3) is 0 Å². The van der Waals surface area contributed by atoms with Crippen LogP contribution in [0.5, 0.6) is 0 Å². The van der Waals surface area contributed by atoms with Gasteiger partial charge >= 0.3 is 0 Å². The van der Waals surface area contributed by atoms with Gasteiger partial charge in [-0.05, 0) is 43.9 Å². The Morgan fingerprint density at radius 3 is 2.00 bits per heavy atom. The van der Waals surface area contributed by atoms with Crippen molar-refractivity contribution in [3.8, 4) is 0 Å². The molecule has 0 nitrogen and oxygen atoms in total. The molecule has 10 heavy (non-hydrogen) atoms. The third kappa shape index (κ3) is 0.457. The predicted molar refractivity (Wildman–Crippen MR) is 41.7 cm³/mol. The number of fused-ring (bicyclic) bond motifs is 3. The summed E-state index contributed by atoms with van der Waals surface area (Å²) in [4.78, 5) is 0. The predicted octanol–water partition coefficient (Wildman–Crippen LogP) is 2.90. The monoisotopic (exact) mass is 134 g/mol. The SMILES string of the molecule is C1CC2=C(C1)[C@@H]1CCC[C@H]21. The van der Waals surface area contributed by atoms with Crippen LogP contribution in [-0.2, 0) is 0 Å². The van der Waals surface area contributed by atoms with Gasteiger partial charge < -0.3 is 0 Å². The molecule has 0 bridgehead atoms. The number of hydrogen-bond donors (Lipinski definition) is 0. The van der Waals surface area contributed by atoms with Crippen LogP contribution in [0, 0.1) is 11.8 Å². The van der Waals surface area contributed by atoms with Gasteiger partial charge in [0.1, 0.15) is 0 Å². The molecule has 3 aliphatic carbocycles. The molecule has 0 aliphatic heterocycles. The second-order valence-electron chi connectivity index (χ2n) is 4.05. The normalized spacial score (nSPS) is 43.2. The fourth-order valence-electron chi connectivity index (χ4n) is 3.34. The van der Waals surface area contributed by atoms with E-state index in [4.69, 9.17) is 0 Å². The van der Waals surface area contributed by atoms with Crippen LogP contribution in [0.25, 0.3) is 0 Å². The summed E-state index contributed by atoms with van der Waals surface area (Å²) in [5, 5.41) is 0. The highest BCUT2D eigenvalue weighted by atomic mass is 14.5. The van der Waals surface area contributed by atoms with Gasteiger partial charge in [-0.3, -0.25) is 0 Å². The topological polar surface area (TPSA) is 0 Å². The smallest absolute Gasteiger partial charge is 0.0135 e. The zero-order chi connectivity index (χ0) is 6.55. The van der Waals surface area contributed by atoms with Crippen molar-refractivity contribution in [3.63, 3.8) is 0 Å². The third-order valence-corrected chi connectivity index (χ3v) is 3.72. The first-order valence-corrected chi connectivity index (χ1v) is 4.68. The Kier molecular flexibility index (Phi) is 0.898. The number of rotatable bonds is 0. The molecule has 0 N–H and O–H groups in total. The quantitative estimate of drug-likeness (QED) is 0.447. The van der Waals surface area contributed by atoms with Crippen molar-refractivity contribution < 1.29 is 0 Å². The molecule has 0 radical (unpaired) electrons. The van der Waals surface area contributed by atoms with E-state index in [1.54, 1.807) is 0 Å². The third-order valence-electron chi connectivity index (χ3n) is 3.72. The van der Waals surface area contributed by atoms with Gasteiger partial charge in [-0.25, -0.2) is 0 Å². The van der Waals surface area contributed by atoms with Gasteiger partial charge in [-0.2, -0.15) is 0 Å². The Bertz CT molecular complexity index is 180. The van der Waals surface area contributed by atoms with E-state index in [9.17, 15) is 0 Å². The summed E-state index contributed by atoms with van der Waals surface area (Å²) < 4.78 is 0. The molecule has 0 amide bonds. The highest BCUT2D eigenvalue weighted by molar-refractivity contribution is 5.37. The molecule has 0 heteroatoms. The summed E-state index contributed by atoms with van der Waals surface area (Å²) in [6.45, 7) is 0. The van der Waals surface area contributed by atoms with Crippen molar-refractivity contribution >= 4 is 0 Å². The van der Waals surface area contributed by atoms with E-state index in [1.807, 2.05) is 11.1 Å². The molecule has 54 valence electrons. The molecule has 0 heterocycles. The van der Waals surface area contributed by atoms with Crippen molar-refractivity contribution in [3.05, 3.63) is 11.1 Å². The van der Waals surface area contributed by atoms with E-state index in [0.29, 0.717) is 0 Å². The molecular formula is C10H14. The Balaban J connectivity index is 1.97. The fourth-order valence-corrected chi connectivity index (χ4v) is 3.34. The summed E-state index contributed by atoms with van der Waals surface area (Å²) in [5.41, 5.74) is 3.81. The van der Waals surface area contributed by atoms with E-state index >= 15 is 0 Å². The average Bonchev–Trinajstić information content (AvgIpc) is 2.42. The average molecular weight is 134 g/mol. The maximum absolute atomic E-state index is 1.91. The van der Waals surface area contributed by atoms with Crippen molar-refractivity contribution in [1.29, 1.82) is 0 Å². The van der Waals surface area contributed by atoms with Crippen LogP contribution >= 0.6 is 0 Å². The summed E-state index contributed by atoms with van der Waals surface area (Å²) in [5.74, 6) is 2.19. The highest BCUT2D eigenvalue weighted by Gasteiger charge is 2.44. The van der Waals surface area contributed by atoms with Crippen molar-refractivity contribution in [1.82, 2.24) is 0 Å². The Morgan fingerprint density at radius 2 is 1.40 bits per heavy atom. The van der Waals surface area contributed by atoms with Gasteiger partial charge in [0.2, 0.25) is 0 Å². The minimum Gasteiger partial charge on any atom is -0.0670 e. The molecule has 0 unspecified atom stereocenters. The molecular weight excluding hydrogens is 120 g/mol. The van der Waals surface area contributed by atoms with Gasteiger partial charge in [-0.15, -0.1) is 0 Å². The standard InChI is InChI=1S/C10H14/c1-3-7-8(4-1)10-6-2-5-9(7)10/h7-8H,1-6H2/t7-,8+. The first kappa shape index (κ1) is 5.40. The first-order valence-electron chi connectivity index (χ1n) is 4.68. The second kappa shape index (κ2) is 1.66. The number of hydrogen-bond acceptors (Lipinski definition) is 0. The molecule has 2 atom stereocenters. The summed E-state index contributed by atoms with van der Waals surface area (Å²) in [6, 6.07) is 0. The Morgan fingerprint density at radius 1 is 0.800 bits per heavy atom. The van der Waals surface area contributed by atoms with Crippen LogP contribution in [0.4, 0.5) is 0 Å². The number of allylic oxidation sites excluding steroid dienone is 2. The highest BCUT2D eigenvalue weighted by Crippen LogP contribution is 2.57. The van der Waals surface area contributed by atoms with Gasteiger partial charge in [-0.1, -0.05) is 17.6 Å². The van der Waals surface area contributed by atoms with E-state index in [1.165, 1.54) is 38.5 Å². The van der Waals surface area contributed by atoms with Crippen LogP contribution in [0.3, 0.4) is 0 Å². The lowest BCUT2D eigenvalue weighted by Gasteiger charge is -2.33. The zero-order valence-electron chi connectivity index (χ0n) is 6.40. The molecule has 0 aromatic carbocycles. The minimum absolute atomic E-state index is 1.09. The first-order chi connectivity index (χ1) is 4.97. The Labute approximate surface area is 62.3 Å². The van der Waals surface area contributed by atoms with Crippen LogP contribution in [0.1, 0.15) is 38.5 Å². The van der Waals surface area contributed by atoms with E-state index in [-0.39, 0.29) is 0 Å². The largest absolute Gasteiger partial charge is 0.0670 e. The van der Waals surface area contributed by atoms with E-state index in [2.05, 4.69) is 0 Å². The lowest BCUT2D eigenvalue weighted by Crippen LogP contribution is -2.22. The van der Waals surface area contributed by atoms with Crippen LogP contribution < -0.4 is 0 Å². The van der Waals surface area contributed by atoms with Crippen LogP contribution in [-0.4, -0.2) is 0 Å². The zero-order valence-corrected chi connectivity index (χ0v) is 6.40. The maximum atomic E-state index is 1.91. The van der Waals surface area contributed by atoms with E-state index in [0.717, 1.165) is 11.8 Å². The van der Waals surface area contributed by atoms with E-state index < -0.39 is 0 Å². The molecule has 1 fully saturated rings. The van der Waals surface area contributed by atoms with Crippen molar-refractivity contribution in [2.45, 2.75) is 38.5 Å². The second-order valence-corrected chi connectivity index (χ2v) is 4.05. The van der Waals surface area contributed by atoms with Crippen molar-refractivity contribution in [2.24, 2.45) is 11.8 Å². The van der Waals surface area contributed by atoms with Gasteiger partial charge in [0, 0.05) is 0 Å². The van der Waals surface area contributed by atoms with Gasteiger partial charge in [0.05, 0.1) is 0 Å². The summed E-state index contributed by atoms with van der Waals surface area (Å²) >= 11 is 0. The molecule has 1 saturated carbocycles. The van der Waals surface area contributed by atoms with Gasteiger partial charge in [0.15, 0.2) is 0 Å². The maximum Gasteiger partial charge on any atom is -0.0135 e. The lowest BCUT2D eigenvalue weighted by atomic mass is 9.71. The molecule has 3 aliphatic rings. The van der Waals surface area contributed by atoms with Crippen LogP contribution in [0.15, 0.2) is 11.1 Å². The molecule has 0 aromatic rings. The van der Waals surface area contributed by atoms with Crippen molar-refractivity contribution in [2.75, 3.05) is 0 Å². The molecule has 0 saturated heterocycles. The van der Waals surface area contributed by atoms with Crippen LogP contribution in [0.2, 0.25) is 0 Å². The fraction of sp³-hybridized carbons (Fsp3) is 0.800. The molecule has 3 rings (SSSR count). The summed E-state index contributed by atoms with van der Waals surface area (Å²) in [6.07, 6.45) is 9.00. The minimum atomic E-state index is 1.09. The molecule has 0 spiro atoms.